The Balaban J connectivity index is 2.12. The fourth-order valence-corrected chi connectivity index (χ4v) is 2.15. The van der Waals surface area contributed by atoms with Gasteiger partial charge >= 0.3 is 0 Å². The van der Waals surface area contributed by atoms with Crippen LogP contribution in [0.1, 0.15) is 29.8 Å². The van der Waals surface area contributed by atoms with Gasteiger partial charge in [0.1, 0.15) is 0 Å². The maximum atomic E-state index is 12.2. The van der Waals surface area contributed by atoms with Crippen LogP contribution < -0.4 is 14.9 Å². The molecule has 2 aromatic carbocycles. The summed E-state index contributed by atoms with van der Waals surface area (Å²) in [6, 6.07) is 10.9. The summed E-state index contributed by atoms with van der Waals surface area (Å²) in [5.41, 5.74) is 2.85. The number of carbonyl (C=O) groups excluding carboxylic acids is 1. The molecule has 0 fully saturated rings. The molecule has 0 atom stereocenters. The number of nitrogens with one attached hydrogen (secondary N) is 1. The first kappa shape index (κ1) is 18.9. The number of hydrogen-bond acceptors (Lipinski definition) is 6. The minimum absolute atomic E-state index is 0.0326. The Morgan fingerprint density at radius 2 is 1.96 bits per heavy atom. The summed E-state index contributed by atoms with van der Waals surface area (Å²) in [5.74, 6) is 0.478. The summed E-state index contributed by atoms with van der Waals surface area (Å²) in [6.07, 6.45) is 1.19. The molecule has 26 heavy (non-hydrogen) atoms. The van der Waals surface area contributed by atoms with Gasteiger partial charge in [-0.3, -0.25) is 14.9 Å². The molecule has 0 saturated carbocycles. The minimum Gasteiger partial charge on any atom is -0.493 e. The molecular formula is C18H19N3O5. The quantitative estimate of drug-likeness (QED) is 0.466. The Morgan fingerprint density at radius 1 is 1.23 bits per heavy atom. The summed E-state index contributed by atoms with van der Waals surface area (Å²) in [7, 11) is 1.48. The van der Waals surface area contributed by atoms with Gasteiger partial charge in [0, 0.05) is 11.6 Å². The number of benzene rings is 2. The van der Waals surface area contributed by atoms with E-state index in [1.807, 2.05) is 13.8 Å². The SMILES string of the molecule is COc1cc(C(=O)N/N=C/c2ccccc2[N+](=O)[O-])ccc1OC(C)C. The van der Waals surface area contributed by atoms with Gasteiger partial charge in [0.05, 0.1) is 29.9 Å². The van der Waals surface area contributed by atoms with E-state index in [1.165, 1.54) is 31.5 Å². The molecular weight excluding hydrogens is 338 g/mol. The van der Waals surface area contributed by atoms with Crippen LogP contribution in [0, 0.1) is 10.1 Å². The number of rotatable bonds is 7. The Kier molecular flexibility index (Phi) is 6.26. The van der Waals surface area contributed by atoms with Crippen molar-refractivity contribution in [2.45, 2.75) is 20.0 Å². The third kappa shape index (κ3) is 4.79. The largest absolute Gasteiger partial charge is 0.493 e. The lowest BCUT2D eigenvalue weighted by molar-refractivity contribution is -0.385. The highest BCUT2D eigenvalue weighted by molar-refractivity contribution is 5.95. The van der Waals surface area contributed by atoms with Gasteiger partial charge in [0.25, 0.3) is 11.6 Å². The lowest BCUT2D eigenvalue weighted by Gasteiger charge is -2.14. The number of nitro benzene ring substituents is 1. The number of ether oxygens (including phenoxy) is 2. The number of para-hydroxylation sites is 1. The fraction of sp³-hybridized carbons (Fsp3) is 0.222. The highest BCUT2D eigenvalue weighted by Gasteiger charge is 2.13. The Hall–Kier alpha value is -3.42. The number of hydrazone groups is 1. The number of methoxy groups -OCH3 is 1. The Bertz CT molecular complexity index is 833. The maximum Gasteiger partial charge on any atom is 0.278 e. The van der Waals surface area contributed by atoms with Crippen molar-refractivity contribution in [1.82, 2.24) is 5.43 Å². The van der Waals surface area contributed by atoms with Gasteiger partial charge in [-0.1, -0.05) is 12.1 Å². The van der Waals surface area contributed by atoms with E-state index in [9.17, 15) is 14.9 Å². The van der Waals surface area contributed by atoms with E-state index in [4.69, 9.17) is 9.47 Å². The molecule has 0 aliphatic rings. The summed E-state index contributed by atoms with van der Waals surface area (Å²) in [6.45, 7) is 3.77. The van der Waals surface area contributed by atoms with E-state index >= 15 is 0 Å². The van der Waals surface area contributed by atoms with E-state index in [2.05, 4.69) is 10.5 Å². The molecule has 2 aromatic rings. The van der Waals surface area contributed by atoms with Crippen molar-refractivity contribution in [2.24, 2.45) is 5.10 Å². The first-order valence-electron chi connectivity index (χ1n) is 7.84. The van der Waals surface area contributed by atoms with Crippen LogP contribution in [0.25, 0.3) is 0 Å². The molecule has 0 saturated heterocycles. The summed E-state index contributed by atoms with van der Waals surface area (Å²) in [4.78, 5) is 22.6. The maximum absolute atomic E-state index is 12.2. The van der Waals surface area contributed by atoms with Gasteiger partial charge in [0.2, 0.25) is 0 Å². The number of hydrogen-bond donors (Lipinski definition) is 1. The van der Waals surface area contributed by atoms with Crippen LogP contribution in [0.15, 0.2) is 47.6 Å². The molecule has 0 aromatic heterocycles. The minimum atomic E-state index is -0.512. The molecule has 0 aliphatic carbocycles. The average molecular weight is 357 g/mol. The van der Waals surface area contributed by atoms with Crippen molar-refractivity contribution in [3.05, 3.63) is 63.7 Å². The zero-order valence-electron chi connectivity index (χ0n) is 14.6. The second-order valence-corrected chi connectivity index (χ2v) is 5.55. The zero-order valence-corrected chi connectivity index (χ0v) is 14.6. The molecule has 8 nitrogen and oxygen atoms in total. The van der Waals surface area contributed by atoms with Crippen LogP contribution >= 0.6 is 0 Å². The van der Waals surface area contributed by atoms with Crippen LogP contribution in [0.2, 0.25) is 0 Å². The van der Waals surface area contributed by atoms with Gasteiger partial charge in [-0.2, -0.15) is 5.10 Å². The molecule has 1 N–H and O–H groups in total. The molecule has 0 spiro atoms. The summed E-state index contributed by atoms with van der Waals surface area (Å²) >= 11 is 0. The van der Waals surface area contributed by atoms with Gasteiger partial charge in [-0.25, -0.2) is 5.43 Å². The number of nitro groups is 1. The Labute approximate surface area is 150 Å². The Morgan fingerprint density at radius 3 is 2.62 bits per heavy atom. The van der Waals surface area contributed by atoms with Crippen LogP contribution in [0.3, 0.4) is 0 Å². The predicted molar refractivity (Wildman–Crippen MR) is 96.9 cm³/mol. The molecule has 136 valence electrons. The topological polar surface area (TPSA) is 103 Å². The smallest absolute Gasteiger partial charge is 0.278 e. The monoisotopic (exact) mass is 357 g/mol. The molecule has 0 bridgehead atoms. The highest BCUT2D eigenvalue weighted by Crippen LogP contribution is 2.28. The van der Waals surface area contributed by atoms with Crippen molar-refractivity contribution >= 4 is 17.8 Å². The second kappa shape index (κ2) is 8.61. The highest BCUT2D eigenvalue weighted by atomic mass is 16.6. The molecule has 1 amide bonds. The first-order valence-corrected chi connectivity index (χ1v) is 7.84. The van der Waals surface area contributed by atoms with Crippen molar-refractivity contribution in [3.8, 4) is 11.5 Å². The van der Waals surface area contributed by atoms with E-state index in [0.717, 1.165) is 0 Å². The van der Waals surface area contributed by atoms with Crippen LogP contribution in [-0.2, 0) is 0 Å². The van der Waals surface area contributed by atoms with E-state index in [1.54, 1.807) is 24.3 Å². The van der Waals surface area contributed by atoms with Gasteiger partial charge in [-0.15, -0.1) is 0 Å². The average Bonchev–Trinajstić information content (AvgIpc) is 2.61. The molecule has 8 heteroatoms. The summed E-state index contributed by atoms with van der Waals surface area (Å²) in [5, 5.41) is 14.7. The normalized spacial score (nSPS) is 10.8. The van der Waals surface area contributed by atoms with Crippen molar-refractivity contribution in [1.29, 1.82) is 0 Å². The van der Waals surface area contributed by atoms with Crippen LogP contribution in [-0.4, -0.2) is 30.3 Å². The predicted octanol–water partition coefficient (Wildman–Crippen LogP) is 3.15. The van der Waals surface area contributed by atoms with E-state index in [0.29, 0.717) is 17.1 Å². The van der Waals surface area contributed by atoms with Crippen molar-refractivity contribution in [3.63, 3.8) is 0 Å². The van der Waals surface area contributed by atoms with Crippen molar-refractivity contribution < 1.29 is 19.2 Å². The lowest BCUT2D eigenvalue weighted by atomic mass is 10.2. The van der Waals surface area contributed by atoms with Gasteiger partial charge < -0.3 is 9.47 Å². The fourth-order valence-electron chi connectivity index (χ4n) is 2.15. The van der Waals surface area contributed by atoms with E-state index < -0.39 is 10.8 Å². The van der Waals surface area contributed by atoms with Crippen LogP contribution in [0.4, 0.5) is 5.69 Å². The lowest BCUT2D eigenvalue weighted by Crippen LogP contribution is -2.18. The third-order valence-corrected chi connectivity index (χ3v) is 3.29. The molecule has 0 aliphatic heterocycles. The van der Waals surface area contributed by atoms with Gasteiger partial charge in [-0.05, 0) is 38.1 Å². The third-order valence-electron chi connectivity index (χ3n) is 3.29. The zero-order chi connectivity index (χ0) is 19.1. The standard InChI is InChI=1S/C18H19N3O5/c1-12(2)26-16-9-8-13(10-17(16)25-3)18(22)20-19-11-14-6-4-5-7-15(14)21(23)24/h4-12H,1-3H3,(H,20,22)/b19-11+. The second-order valence-electron chi connectivity index (χ2n) is 5.55. The van der Waals surface area contributed by atoms with Crippen LogP contribution in [0.5, 0.6) is 11.5 Å². The summed E-state index contributed by atoms with van der Waals surface area (Å²) < 4.78 is 10.8. The molecule has 0 radical (unpaired) electrons. The van der Waals surface area contributed by atoms with Crippen molar-refractivity contribution in [2.75, 3.05) is 7.11 Å². The van der Waals surface area contributed by atoms with Gasteiger partial charge in [0.15, 0.2) is 11.5 Å². The molecule has 0 unspecified atom stereocenters. The number of nitrogens with zero attached hydrogens (tertiary/aromatic N) is 2. The number of amides is 1. The number of carbonyl (C=O) groups is 1. The molecule has 0 heterocycles. The first-order chi connectivity index (χ1) is 12.4. The van der Waals surface area contributed by atoms with E-state index in [-0.39, 0.29) is 17.4 Å². The molecule has 2 rings (SSSR count).